The summed E-state index contributed by atoms with van der Waals surface area (Å²) in [5.41, 5.74) is 3.28. The molecule has 0 aromatic heterocycles. The van der Waals surface area contributed by atoms with Gasteiger partial charge in [-0.25, -0.2) is 13.2 Å². The van der Waals surface area contributed by atoms with Gasteiger partial charge in [-0.05, 0) is 86.5 Å². The van der Waals surface area contributed by atoms with Gasteiger partial charge in [0.2, 0.25) is 0 Å². The highest BCUT2D eigenvalue weighted by Crippen LogP contribution is 2.39. The predicted molar refractivity (Wildman–Crippen MR) is 146 cm³/mol. The topological polar surface area (TPSA) is 9.23 Å². The van der Waals surface area contributed by atoms with Gasteiger partial charge in [-0.2, -0.15) is 0 Å². The summed E-state index contributed by atoms with van der Waals surface area (Å²) in [7, 11) is 0. The molecule has 1 nitrogen and oxygen atoms in total. The van der Waals surface area contributed by atoms with E-state index in [4.69, 9.17) is 4.74 Å². The minimum atomic E-state index is -0.770. The quantitative estimate of drug-likeness (QED) is 0.234. The fraction of sp³-hybridized carbons (Fsp3) is 0.455. The van der Waals surface area contributed by atoms with E-state index in [0.717, 1.165) is 56.1 Å². The number of unbranched alkanes of at least 4 members (excludes halogenated alkanes) is 3. The lowest BCUT2D eigenvalue weighted by Crippen LogP contribution is -2.15. The number of benzene rings is 3. The van der Waals surface area contributed by atoms with Crippen molar-refractivity contribution in [2.45, 2.75) is 84.0 Å². The number of ether oxygens (including phenoxy) is 1. The van der Waals surface area contributed by atoms with Crippen molar-refractivity contribution in [2.24, 2.45) is 5.92 Å². The van der Waals surface area contributed by atoms with Gasteiger partial charge in [0.05, 0.1) is 6.61 Å². The molecule has 198 valence electrons. The molecule has 1 saturated carbocycles. The monoisotopic (exact) mass is 508 g/mol. The maximum Gasteiger partial charge on any atom is 0.166 e. The summed E-state index contributed by atoms with van der Waals surface area (Å²) in [6, 6.07) is 16.2. The molecule has 0 heterocycles. The Kier molecular flexibility index (Phi) is 9.71. The van der Waals surface area contributed by atoms with Crippen LogP contribution in [0.4, 0.5) is 13.2 Å². The summed E-state index contributed by atoms with van der Waals surface area (Å²) < 4.78 is 50.2. The van der Waals surface area contributed by atoms with Crippen LogP contribution in [0.15, 0.2) is 54.6 Å². The number of aryl methyl sites for hydroxylation is 2. The highest BCUT2D eigenvalue weighted by molar-refractivity contribution is 5.65. The molecule has 0 unspecified atom stereocenters. The van der Waals surface area contributed by atoms with E-state index in [1.165, 1.54) is 18.9 Å². The summed E-state index contributed by atoms with van der Waals surface area (Å²) in [6.07, 6.45) is 9.65. The van der Waals surface area contributed by atoms with Crippen LogP contribution in [0.5, 0.6) is 5.75 Å². The highest BCUT2D eigenvalue weighted by Gasteiger charge is 2.25. The normalized spacial score (nSPS) is 17.6. The van der Waals surface area contributed by atoms with E-state index in [-0.39, 0.29) is 11.7 Å². The van der Waals surface area contributed by atoms with E-state index in [1.807, 2.05) is 43.3 Å². The van der Waals surface area contributed by atoms with Gasteiger partial charge in [0.15, 0.2) is 11.6 Å². The van der Waals surface area contributed by atoms with Gasteiger partial charge >= 0.3 is 0 Å². The molecule has 0 amide bonds. The first-order chi connectivity index (χ1) is 18.0. The molecule has 1 aliphatic rings. The lowest BCUT2D eigenvalue weighted by Gasteiger charge is -2.29. The molecule has 0 aliphatic heterocycles. The fourth-order valence-electron chi connectivity index (χ4n) is 5.51. The molecule has 0 atom stereocenters. The zero-order valence-electron chi connectivity index (χ0n) is 22.2. The molecule has 0 bridgehead atoms. The van der Waals surface area contributed by atoms with Crippen LogP contribution in [0.3, 0.4) is 0 Å². The van der Waals surface area contributed by atoms with Gasteiger partial charge in [-0.1, -0.05) is 74.2 Å². The van der Waals surface area contributed by atoms with Crippen molar-refractivity contribution in [3.8, 4) is 16.9 Å². The zero-order valence-corrected chi connectivity index (χ0v) is 22.2. The average Bonchev–Trinajstić information content (AvgIpc) is 2.91. The van der Waals surface area contributed by atoms with E-state index in [2.05, 4.69) is 6.92 Å². The Labute approximate surface area is 220 Å². The smallest absolute Gasteiger partial charge is 0.166 e. The lowest BCUT2D eigenvalue weighted by molar-refractivity contribution is 0.298. The van der Waals surface area contributed by atoms with E-state index < -0.39 is 11.6 Å². The third-order valence-corrected chi connectivity index (χ3v) is 7.87. The van der Waals surface area contributed by atoms with Crippen molar-refractivity contribution in [1.82, 2.24) is 0 Å². The second-order valence-electron chi connectivity index (χ2n) is 10.6. The summed E-state index contributed by atoms with van der Waals surface area (Å²) >= 11 is 0. The molecule has 3 aromatic rings. The van der Waals surface area contributed by atoms with Crippen LogP contribution in [-0.2, 0) is 6.42 Å². The van der Waals surface area contributed by atoms with Gasteiger partial charge < -0.3 is 4.74 Å². The third kappa shape index (κ3) is 7.18. The average molecular weight is 509 g/mol. The van der Waals surface area contributed by atoms with Crippen molar-refractivity contribution in [1.29, 1.82) is 0 Å². The maximum absolute atomic E-state index is 14.8. The minimum Gasteiger partial charge on any atom is -0.493 e. The molecule has 0 N–H and O–H groups in total. The van der Waals surface area contributed by atoms with Crippen LogP contribution in [0.25, 0.3) is 11.1 Å². The van der Waals surface area contributed by atoms with E-state index in [9.17, 15) is 13.2 Å². The fourth-order valence-corrected chi connectivity index (χ4v) is 5.51. The molecule has 0 saturated heterocycles. The van der Waals surface area contributed by atoms with Gasteiger partial charge in [0.1, 0.15) is 11.6 Å². The zero-order chi connectivity index (χ0) is 26.2. The summed E-state index contributed by atoms with van der Waals surface area (Å²) in [5.74, 6) is -0.424. The second kappa shape index (κ2) is 13.2. The van der Waals surface area contributed by atoms with E-state index >= 15 is 0 Å². The molecule has 37 heavy (non-hydrogen) atoms. The molecule has 1 aliphatic carbocycles. The molecule has 4 rings (SSSR count). The van der Waals surface area contributed by atoms with Crippen LogP contribution >= 0.6 is 0 Å². The van der Waals surface area contributed by atoms with Gasteiger partial charge in [0.25, 0.3) is 0 Å². The maximum atomic E-state index is 14.8. The predicted octanol–water partition coefficient (Wildman–Crippen LogP) is 9.95. The van der Waals surface area contributed by atoms with Crippen molar-refractivity contribution < 1.29 is 17.9 Å². The van der Waals surface area contributed by atoms with Gasteiger partial charge in [-0.15, -0.1) is 0 Å². The largest absolute Gasteiger partial charge is 0.493 e. The lowest BCUT2D eigenvalue weighted by atomic mass is 9.76. The Hall–Kier alpha value is -2.75. The Morgan fingerprint density at radius 1 is 0.811 bits per heavy atom. The number of rotatable bonds is 11. The first-order valence-electron chi connectivity index (χ1n) is 13.9. The summed E-state index contributed by atoms with van der Waals surface area (Å²) in [6.45, 7) is 4.77. The Bertz CT molecular complexity index is 1150. The Morgan fingerprint density at radius 2 is 1.57 bits per heavy atom. The van der Waals surface area contributed by atoms with Crippen molar-refractivity contribution in [2.75, 3.05) is 6.61 Å². The van der Waals surface area contributed by atoms with E-state index in [0.29, 0.717) is 41.4 Å². The van der Waals surface area contributed by atoms with Crippen LogP contribution in [0.1, 0.15) is 87.3 Å². The number of hydrogen-bond donors (Lipinski definition) is 0. The van der Waals surface area contributed by atoms with E-state index in [1.54, 1.807) is 12.1 Å². The van der Waals surface area contributed by atoms with Gasteiger partial charge in [0, 0.05) is 11.6 Å². The van der Waals surface area contributed by atoms with Gasteiger partial charge in [-0.3, -0.25) is 0 Å². The molecule has 1 fully saturated rings. The standard InChI is InChI=1S/C33H39F3O/c1-3-4-5-6-21-37-28-18-20-29(31(34)22-28)25-14-9-24(10-15-25)11-16-27-17-19-30(33(36)32(27)35)26-12-7-23(2)8-13-26/h7-8,12-13,17-20,22,24-25H,3-6,9-11,14-16,21H2,1-2H3. The van der Waals surface area contributed by atoms with Crippen LogP contribution in [0, 0.1) is 30.3 Å². The van der Waals surface area contributed by atoms with Crippen LogP contribution < -0.4 is 4.74 Å². The minimum absolute atomic E-state index is 0.180. The molecule has 0 radical (unpaired) electrons. The molecule has 4 heteroatoms. The third-order valence-electron chi connectivity index (χ3n) is 7.87. The molecule has 3 aromatic carbocycles. The first kappa shape index (κ1) is 27.3. The first-order valence-corrected chi connectivity index (χ1v) is 13.9. The Morgan fingerprint density at radius 3 is 2.27 bits per heavy atom. The van der Waals surface area contributed by atoms with Crippen molar-refractivity contribution >= 4 is 0 Å². The SMILES string of the molecule is CCCCCCOc1ccc(C2CCC(CCc3ccc(-c4ccc(C)cc4)c(F)c3F)CC2)c(F)c1. The number of halogens is 3. The Balaban J connectivity index is 1.27. The number of hydrogen-bond acceptors (Lipinski definition) is 1. The molecule has 0 spiro atoms. The van der Waals surface area contributed by atoms with Crippen molar-refractivity contribution in [3.63, 3.8) is 0 Å². The summed E-state index contributed by atoms with van der Waals surface area (Å²) in [5, 5.41) is 0. The second-order valence-corrected chi connectivity index (χ2v) is 10.6. The van der Waals surface area contributed by atoms with Crippen LogP contribution in [-0.4, -0.2) is 6.61 Å². The van der Waals surface area contributed by atoms with Crippen molar-refractivity contribution in [3.05, 3.63) is 88.7 Å². The highest BCUT2D eigenvalue weighted by atomic mass is 19.2. The summed E-state index contributed by atoms with van der Waals surface area (Å²) in [4.78, 5) is 0. The molecular formula is C33H39F3O. The molecular weight excluding hydrogens is 469 g/mol. The van der Waals surface area contributed by atoms with Crippen LogP contribution in [0.2, 0.25) is 0 Å².